The van der Waals surface area contributed by atoms with Crippen LogP contribution in [0.1, 0.15) is 31.2 Å². The van der Waals surface area contributed by atoms with Gasteiger partial charge in [-0.05, 0) is 37.0 Å². The van der Waals surface area contributed by atoms with Gasteiger partial charge in [0.1, 0.15) is 5.82 Å². The molecule has 104 valence electrons. The lowest BCUT2D eigenvalue weighted by atomic mass is 9.86. The number of carbonyl (C=O) groups is 1. The van der Waals surface area contributed by atoms with Crippen LogP contribution in [0.25, 0.3) is 0 Å². The summed E-state index contributed by atoms with van der Waals surface area (Å²) >= 11 is 5.89. The fourth-order valence-corrected chi connectivity index (χ4v) is 2.63. The fourth-order valence-electron chi connectivity index (χ4n) is 2.39. The molecule has 2 N–H and O–H groups in total. The second-order valence-electron chi connectivity index (χ2n) is 4.97. The molecule has 0 heterocycles. The molecule has 0 aliphatic heterocycles. The Balaban J connectivity index is 1.89. The van der Waals surface area contributed by atoms with Gasteiger partial charge in [-0.2, -0.15) is 0 Å². The van der Waals surface area contributed by atoms with Crippen LogP contribution in [-0.2, 0) is 11.3 Å². The van der Waals surface area contributed by atoms with Gasteiger partial charge in [0.15, 0.2) is 0 Å². The summed E-state index contributed by atoms with van der Waals surface area (Å²) in [4.78, 5) is 12.0. The molecule has 1 aromatic rings. The summed E-state index contributed by atoms with van der Waals surface area (Å²) in [6.07, 6.45) is 2.59. The lowest BCUT2D eigenvalue weighted by molar-refractivity contribution is -0.127. The second kappa shape index (κ2) is 6.35. The maximum atomic E-state index is 12.9. The monoisotopic (exact) mass is 285 g/mol. The SMILES string of the molecule is O=C(NCc1ccc(F)cc1Cl)[C@H]1CCC[C@@H](O)C1. The van der Waals surface area contributed by atoms with Gasteiger partial charge in [-0.3, -0.25) is 4.79 Å². The molecule has 0 spiro atoms. The molecule has 1 fully saturated rings. The van der Waals surface area contributed by atoms with Crippen molar-refractivity contribution < 1.29 is 14.3 Å². The van der Waals surface area contributed by atoms with Gasteiger partial charge < -0.3 is 10.4 Å². The summed E-state index contributed by atoms with van der Waals surface area (Å²) in [7, 11) is 0. The smallest absolute Gasteiger partial charge is 0.223 e. The first-order valence-electron chi connectivity index (χ1n) is 6.46. The zero-order valence-electron chi connectivity index (χ0n) is 10.5. The van der Waals surface area contributed by atoms with Crippen LogP contribution in [0.2, 0.25) is 5.02 Å². The van der Waals surface area contributed by atoms with E-state index in [2.05, 4.69) is 5.32 Å². The minimum atomic E-state index is -0.393. The van der Waals surface area contributed by atoms with E-state index in [0.29, 0.717) is 17.0 Å². The van der Waals surface area contributed by atoms with Crippen LogP contribution >= 0.6 is 11.6 Å². The standard InChI is InChI=1S/C14H17ClFNO2/c15-13-7-11(16)5-4-10(13)8-17-14(19)9-2-1-3-12(18)6-9/h4-5,7,9,12,18H,1-3,6,8H2,(H,17,19)/t9-,12+/m0/s1. The van der Waals surface area contributed by atoms with Crippen molar-refractivity contribution in [3.63, 3.8) is 0 Å². The minimum absolute atomic E-state index is 0.0702. The molecule has 1 amide bonds. The normalized spacial score (nSPS) is 23.1. The molecule has 2 rings (SSSR count). The van der Waals surface area contributed by atoms with E-state index in [-0.39, 0.29) is 24.5 Å². The lowest BCUT2D eigenvalue weighted by Gasteiger charge is -2.25. The molecule has 3 nitrogen and oxygen atoms in total. The van der Waals surface area contributed by atoms with E-state index in [1.807, 2.05) is 0 Å². The number of hydrogen-bond donors (Lipinski definition) is 2. The Bertz CT molecular complexity index is 467. The number of aliphatic hydroxyl groups is 1. The average molecular weight is 286 g/mol. The molecule has 1 saturated carbocycles. The second-order valence-corrected chi connectivity index (χ2v) is 5.38. The van der Waals surface area contributed by atoms with E-state index in [1.165, 1.54) is 12.1 Å². The summed E-state index contributed by atoms with van der Waals surface area (Å²) in [5, 5.41) is 12.6. The molecule has 0 unspecified atom stereocenters. The largest absolute Gasteiger partial charge is 0.393 e. The van der Waals surface area contributed by atoms with Gasteiger partial charge in [-0.15, -0.1) is 0 Å². The predicted molar refractivity (Wildman–Crippen MR) is 71.2 cm³/mol. The molecular weight excluding hydrogens is 269 g/mol. The molecule has 1 aliphatic carbocycles. The van der Waals surface area contributed by atoms with Crippen molar-refractivity contribution in [3.05, 3.63) is 34.6 Å². The molecule has 19 heavy (non-hydrogen) atoms. The van der Waals surface area contributed by atoms with Gasteiger partial charge in [0, 0.05) is 17.5 Å². The van der Waals surface area contributed by atoms with Gasteiger partial charge in [0.25, 0.3) is 0 Å². The summed E-state index contributed by atoms with van der Waals surface area (Å²) in [6.45, 7) is 0.282. The molecule has 2 atom stereocenters. The number of nitrogens with one attached hydrogen (secondary N) is 1. The van der Waals surface area contributed by atoms with E-state index in [9.17, 15) is 14.3 Å². The first kappa shape index (κ1) is 14.3. The number of aliphatic hydroxyl groups excluding tert-OH is 1. The summed E-state index contributed by atoms with van der Waals surface area (Å²) in [6, 6.07) is 4.11. The molecule has 1 aromatic carbocycles. The highest BCUT2D eigenvalue weighted by Gasteiger charge is 2.25. The van der Waals surface area contributed by atoms with Crippen LogP contribution in [0, 0.1) is 11.7 Å². The number of carbonyl (C=O) groups excluding carboxylic acids is 1. The molecule has 0 aromatic heterocycles. The maximum absolute atomic E-state index is 12.9. The average Bonchev–Trinajstić information content (AvgIpc) is 2.37. The highest BCUT2D eigenvalue weighted by atomic mass is 35.5. The highest BCUT2D eigenvalue weighted by Crippen LogP contribution is 2.24. The predicted octanol–water partition coefficient (Wildman–Crippen LogP) is 2.65. The van der Waals surface area contributed by atoms with E-state index >= 15 is 0 Å². The molecule has 0 radical (unpaired) electrons. The van der Waals surface area contributed by atoms with E-state index in [1.54, 1.807) is 6.07 Å². The molecule has 0 saturated heterocycles. The third kappa shape index (κ3) is 3.91. The summed E-state index contributed by atoms with van der Waals surface area (Å²) < 4.78 is 12.9. The number of amides is 1. The van der Waals surface area contributed by atoms with Crippen molar-refractivity contribution in [3.8, 4) is 0 Å². The summed E-state index contributed by atoms with van der Waals surface area (Å²) in [5.74, 6) is -0.599. The number of benzene rings is 1. The zero-order valence-corrected chi connectivity index (χ0v) is 11.3. The topological polar surface area (TPSA) is 49.3 Å². The quantitative estimate of drug-likeness (QED) is 0.897. The third-order valence-corrected chi connectivity index (χ3v) is 3.84. The highest BCUT2D eigenvalue weighted by molar-refractivity contribution is 6.31. The first-order valence-corrected chi connectivity index (χ1v) is 6.84. The Hall–Kier alpha value is -1.13. The van der Waals surface area contributed by atoms with Crippen LogP contribution in [0.15, 0.2) is 18.2 Å². The van der Waals surface area contributed by atoms with E-state index in [4.69, 9.17) is 11.6 Å². The maximum Gasteiger partial charge on any atom is 0.223 e. The minimum Gasteiger partial charge on any atom is -0.393 e. The Kier molecular flexibility index (Phi) is 4.77. The Morgan fingerprint density at radius 3 is 2.95 bits per heavy atom. The van der Waals surface area contributed by atoms with Crippen molar-refractivity contribution >= 4 is 17.5 Å². The molecular formula is C14H17ClFNO2. The third-order valence-electron chi connectivity index (χ3n) is 3.49. The first-order chi connectivity index (χ1) is 9.06. The molecule has 0 bridgehead atoms. The van der Waals surface area contributed by atoms with Crippen LogP contribution in [-0.4, -0.2) is 17.1 Å². The van der Waals surface area contributed by atoms with Crippen LogP contribution in [0.4, 0.5) is 4.39 Å². The van der Waals surface area contributed by atoms with Gasteiger partial charge in [-0.25, -0.2) is 4.39 Å². The molecule has 5 heteroatoms. The van der Waals surface area contributed by atoms with Gasteiger partial charge in [-0.1, -0.05) is 24.1 Å². The summed E-state index contributed by atoms with van der Waals surface area (Å²) in [5.41, 5.74) is 0.688. The lowest BCUT2D eigenvalue weighted by Crippen LogP contribution is -2.34. The van der Waals surface area contributed by atoms with Crippen molar-refractivity contribution in [2.45, 2.75) is 38.3 Å². The van der Waals surface area contributed by atoms with E-state index in [0.717, 1.165) is 19.3 Å². The van der Waals surface area contributed by atoms with Crippen molar-refractivity contribution in [1.29, 1.82) is 0 Å². The van der Waals surface area contributed by atoms with Crippen molar-refractivity contribution in [2.75, 3.05) is 0 Å². The fraction of sp³-hybridized carbons (Fsp3) is 0.500. The van der Waals surface area contributed by atoms with Gasteiger partial charge >= 0.3 is 0 Å². The number of hydrogen-bond acceptors (Lipinski definition) is 2. The van der Waals surface area contributed by atoms with Crippen LogP contribution in [0.5, 0.6) is 0 Å². The number of halogens is 2. The van der Waals surface area contributed by atoms with Gasteiger partial charge in [0.05, 0.1) is 6.10 Å². The van der Waals surface area contributed by atoms with Crippen molar-refractivity contribution in [2.24, 2.45) is 5.92 Å². The van der Waals surface area contributed by atoms with Crippen molar-refractivity contribution in [1.82, 2.24) is 5.32 Å². The number of rotatable bonds is 3. The van der Waals surface area contributed by atoms with Crippen LogP contribution in [0.3, 0.4) is 0 Å². The Labute approximate surface area is 116 Å². The van der Waals surface area contributed by atoms with E-state index < -0.39 is 5.82 Å². The molecule has 1 aliphatic rings. The van der Waals surface area contributed by atoms with Crippen LogP contribution < -0.4 is 5.32 Å². The Morgan fingerprint density at radius 2 is 2.26 bits per heavy atom. The Morgan fingerprint density at radius 1 is 1.47 bits per heavy atom. The zero-order chi connectivity index (χ0) is 13.8. The van der Waals surface area contributed by atoms with Gasteiger partial charge in [0.2, 0.25) is 5.91 Å².